The fourth-order valence-corrected chi connectivity index (χ4v) is 4.38. The van der Waals surface area contributed by atoms with Crippen molar-refractivity contribution in [1.29, 1.82) is 0 Å². The van der Waals surface area contributed by atoms with Gasteiger partial charge in [0.15, 0.2) is 0 Å². The maximum Gasteiger partial charge on any atom is 0.328 e. The molecule has 2 atom stereocenters. The zero-order valence-corrected chi connectivity index (χ0v) is 17.3. The molecule has 2 aliphatic heterocycles. The minimum Gasteiger partial charge on any atom is -0.467 e. The van der Waals surface area contributed by atoms with E-state index in [1.807, 2.05) is 30.3 Å². The number of hydrogen-bond acceptors (Lipinski definition) is 5. The van der Waals surface area contributed by atoms with Gasteiger partial charge in [0.2, 0.25) is 5.91 Å². The first-order valence-corrected chi connectivity index (χ1v) is 10.4. The summed E-state index contributed by atoms with van der Waals surface area (Å²) in [6, 6.07) is 14.2. The van der Waals surface area contributed by atoms with Crippen LogP contribution in [0.2, 0.25) is 0 Å². The molecule has 1 saturated heterocycles. The lowest BCUT2D eigenvalue weighted by Gasteiger charge is -2.33. The van der Waals surface area contributed by atoms with Gasteiger partial charge < -0.3 is 9.64 Å². The average molecular weight is 420 g/mol. The number of nitrogens with zero attached hydrogens (tertiary/aromatic N) is 2. The lowest BCUT2D eigenvalue weighted by atomic mass is 10.0. The fraction of sp³-hybridized carbons (Fsp3) is 0.333. The molecule has 3 amide bonds. The molecule has 31 heavy (non-hydrogen) atoms. The van der Waals surface area contributed by atoms with Gasteiger partial charge in [-0.25, -0.2) is 4.79 Å². The molecule has 7 nitrogen and oxygen atoms in total. The second-order valence-electron chi connectivity index (χ2n) is 7.80. The number of likely N-dealkylation sites (tertiary alicyclic amines) is 1. The number of fused-ring (bicyclic) bond motifs is 1. The van der Waals surface area contributed by atoms with E-state index in [2.05, 4.69) is 0 Å². The van der Waals surface area contributed by atoms with Crippen molar-refractivity contribution < 1.29 is 23.9 Å². The summed E-state index contributed by atoms with van der Waals surface area (Å²) in [6.07, 6.45) is 2.02. The van der Waals surface area contributed by atoms with E-state index in [0.29, 0.717) is 43.4 Å². The Kier molecular flexibility index (Phi) is 5.84. The third-order valence-electron chi connectivity index (χ3n) is 5.95. The second-order valence-corrected chi connectivity index (χ2v) is 7.80. The lowest BCUT2D eigenvalue weighted by Crippen LogP contribution is -2.55. The number of esters is 1. The second kappa shape index (κ2) is 8.71. The molecule has 1 fully saturated rings. The highest BCUT2D eigenvalue weighted by Gasteiger charge is 2.46. The molecule has 0 spiro atoms. The zero-order chi connectivity index (χ0) is 22.0. The molecule has 2 heterocycles. The lowest BCUT2D eigenvalue weighted by molar-refractivity contribution is -0.153. The number of amides is 3. The molecule has 160 valence electrons. The molecule has 7 heteroatoms. The molecule has 0 saturated carbocycles. The van der Waals surface area contributed by atoms with Crippen molar-refractivity contribution in [3.05, 3.63) is 71.3 Å². The van der Waals surface area contributed by atoms with Gasteiger partial charge in [0.05, 0.1) is 18.2 Å². The first kappa shape index (κ1) is 20.8. The van der Waals surface area contributed by atoms with Crippen molar-refractivity contribution in [3.63, 3.8) is 0 Å². The molecule has 4 rings (SSSR count). The Labute approximate surface area is 180 Å². The summed E-state index contributed by atoms with van der Waals surface area (Å²) in [4.78, 5) is 54.7. The molecule has 0 radical (unpaired) electrons. The predicted octanol–water partition coefficient (Wildman–Crippen LogP) is 2.45. The Morgan fingerprint density at radius 2 is 1.58 bits per heavy atom. The summed E-state index contributed by atoms with van der Waals surface area (Å²) in [6.45, 7) is 0.366. The molecule has 0 aliphatic carbocycles. The average Bonchev–Trinajstić information content (AvgIpc) is 2.92. The maximum atomic E-state index is 13.6. The minimum absolute atomic E-state index is 0.300. The summed E-state index contributed by atoms with van der Waals surface area (Å²) in [7, 11) is 1.30. The Morgan fingerprint density at radius 1 is 0.968 bits per heavy atom. The third kappa shape index (κ3) is 3.83. The van der Waals surface area contributed by atoms with Crippen LogP contribution in [0.3, 0.4) is 0 Å². The van der Waals surface area contributed by atoms with Gasteiger partial charge in [-0.1, -0.05) is 42.5 Å². The van der Waals surface area contributed by atoms with Crippen LogP contribution in [0.5, 0.6) is 0 Å². The summed E-state index contributed by atoms with van der Waals surface area (Å²) >= 11 is 0. The number of methoxy groups -OCH3 is 1. The van der Waals surface area contributed by atoms with Crippen LogP contribution >= 0.6 is 0 Å². The molecular weight excluding hydrogens is 396 g/mol. The van der Waals surface area contributed by atoms with E-state index >= 15 is 0 Å². The number of carbonyl (C=O) groups excluding carboxylic acids is 4. The Morgan fingerprint density at radius 3 is 2.19 bits per heavy atom. The summed E-state index contributed by atoms with van der Waals surface area (Å²) in [5.74, 6) is -1.82. The Hall–Kier alpha value is -3.48. The van der Waals surface area contributed by atoms with Crippen LogP contribution in [0.25, 0.3) is 0 Å². The third-order valence-corrected chi connectivity index (χ3v) is 5.95. The molecule has 2 aromatic carbocycles. The van der Waals surface area contributed by atoms with Gasteiger partial charge >= 0.3 is 5.97 Å². The minimum atomic E-state index is -0.933. The van der Waals surface area contributed by atoms with E-state index < -0.39 is 35.8 Å². The number of ether oxygens (including phenoxy) is 1. The predicted molar refractivity (Wildman–Crippen MR) is 112 cm³/mol. The topological polar surface area (TPSA) is 84.0 Å². The van der Waals surface area contributed by atoms with E-state index in [9.17, 15) is 19.2 Å². The van der Waals surface area contributed by atoms with Gasteiger partial charge in [0, 0.05) is 13.0 Å². The standard InChI is InChI=1S/C24H24N2O5/c1-31-24(30)20(15-16-9-3-2-4-10-16)25-14-8-7-13-19(23(25)29)26-21(27)17-11-5-6-12-18(17)22(26)28/h2-6,9-12,19-20H,7-8,13-15H2,1H3/t19-,20-/m0/s1. The normalized spacial score (nSPS) is 19.8. The van der Waals surface area contributed by atoms with Crippen LogP contribution in [-0.2, 0) is 20.7 Å². The van der Waals surface area contributed by atoms with E-state index in [1.54, 1.807) is 24.3 Å². The smallest absolute Gasteiger partial charge is 0.328 e. The monoisotopic (exact) mass is 420 g/mol. The Balaban J connectivity index is 1.65. The van der Waals surface area contributed by atoms with Crippen LogP contribution in [0.4, 0.5) is 0 Å². The van der Waals surface area contributed by atoms with Gasteiger partial charge in [0.1, 0.15) is 12.1 Å². The first-order chi connectivity index (χ1) is 15.0. The van der Waals surface area contributed by atoms with Gasteiger partial charge in [-0.05, 0) is 37.0 Å². The number of hydrogen-bond donors (Lipinski definition) is 0. The fourth-order valence-electron chi connectivity index (χ4n) is 4.38. The summed E-state index contributed by atoms with van der Waals surface area (Å²) < 4.78 is 5.00. The van der Waals surface area contributed by atoms with Crippen molar-refractivity contribution in [3.8, 4) is 0 Å². The number of carbonyl (C=O) groups is 4. The SMILES string of the molecule is COC(=O)[C@H](Cc1ccccc1)N1CCCC[C@H](N2C(=O)c3ccccc3C2=O)C1=O. The highest BCUT2D eigenvalue weighted by molar-refractivity contribution is 6.22. The quantitative estimate of drug-likeness (QED) is 0.548. The molecule has 2 aliphatic rings. The molecule has 0 unspecified atom stereocenters. The van der Waals surface area contributed by atoms with E-state index in [0.717, 1.165) is 10.5 Å². The van der Waals surface area contributed by atoms with Gasteiger partial charge in [-0.2, -0.15) is 0 Å². The van der Waals surface area contributed by atoms with Gasteiger partial charge in [-0.3, -0.25) is 19.3 Å². The molecular formula is C24H24N2O5. The van der Waals surface area contributed by atoms with E-state index in [1.165, 1.54) is 12.0 Å². The van der Waals surface area contributed by atoms with Crippen molar-refractivity contribution in [2.24, 2.45) is 0 Å². The Bertz CT molecular complexity index is 985. The van der Waals surface area contributed by atoms with Crippen molar-refractivity contribution in [2.75, 3.05) is 13.7 Å². The summed E-state index contributed by atoms with van der Waals surface area (Å²) in [5, 5.41) is 0. The number of rotatable bonds is 5. The van der Waals surface area contributed by atoms with Gasteiger partial charge in [0.25, 0.3) is 11.8 Å². The largest absolute Gasteiger partial charge is 0.467 e. The highest BCUT2D eigenvalue weighted by Crippen LogP contribution is 2.29. The summed E-state index contributed by atoms with van der Waals surface area (Å²) in [5.41, 5.74) is 1.52. The molecule has 2 aromatic rings. The van der Waals surface area contributed by atoms with Crippen molar-refractivity contribution in [2.45, 2.75) is 37.8 Å². The molecule has 0 bridgehead atoms. The van der Waals surface area contributed by atoms with Crippen LogP contribution < -0.4 is 0 Å². The number of imide groups is 1. The van der Waals surface area contributed by atoms with E-state index in [4.69, 9.17) is 4.74 Å². The van der Waals surface area contributed by atoms with Crippen molar-refractivity contribution in [1.82, 2.24) is 9.80 Å². The molecule has 0 N–H and O–H groups in total. The van der Waals surface area contributed by atoms with Crippen LogP contribution in [-0.4, -0.2) is 59.2 Å². The van der Waals surface area contributed by atoms with Crippen molar-refractivity contribution >= 4 is 23.7 Å². The van der Waals surface area contributed by atoms with Crippen LogP contribution in [0.1, 0.15) is 45.5 Å². The van der Waals surface area contributed by atoms with Gasteiger partial charge in [-0.15, -0.1) is 0 Å². The van der Waals surface area contributed by atoms with E-state index in [-0.39, 0.29) is 0 Å². The van der Waals surface area contributed by atoms with Crippen LogP contribution in [0, 0.1) is 0 Å². The zero-order valence-electron chi connectivity index (χ0n) is 17.3. The highest BCUT2D eigenvalue weighted by atomic mass is 16.5. The number of benzene rings is 2. The first-order valence-electron chi connectivity index (χ1n) is 10.4. The maximum absolute atomic E-state index is 13.6. The molecule has 0 aromatic heterocycles. The van der Waals surface area contributed by atoms with Crippen LogP contribution in [0.15, 0.2) is 54.6 Å².